The highest BCUT2D eigenvalue weighted by Gasteiger charge is 2.46. The largest absolute Gasteiger partial charge is 0.491 e. The third-order valence-electron chi connectivity index (χ3n) is 6.52. The van der Waals surface area contributed by atoms with Gasteiger partial charge >= 0.3 is 0 Å². The minimum Gasteiger partial charge on any atom is -0.491 e. The van der Waals surface area contributed by atoms with Gasteiger partial charge in [0, 0.05) is 43.5 Å². The van der Waals surface area contributed by atoms with E-state index in [1.165, 1.54) is 10.9 Å². The number of nitrogens with two attached hydrogens (primary N) is 1. The summed E-state index contributed by atoms with van der Waals surface area (Å²) in [5.41, 5.74) is 8.57. The van der Waals surface area contributed by atoms with Gasteiger partial charge in [0.15, 0.2) is 12.4 Å². The van der Waals surface area contributed by atoms with Gasteiger partial charge in [0.2, 0.25) is 0 Å². The number of aliphatic hydroxyl groups excluding tert-OH is 1. The molecule has 4 aromatic heterocycles. The Labute approximate surface area is 210 Å². The van der Waals surface area contributed by atoms with Crippen LogP contribution in [0.2, 0.25) is 0 Å². The Bertz CT molecular complexity index is 1600. The van der Waals surface area contributed by atoms with Gasteiger partial charge in [-0.05, 0) is 24.3 Å². The molecule has 0 aliphatic carbocycles. The number of nitrogen functional groups attached to an aromatic ring is 1. The van der Waals surface area contributed by atoms with Crippen LogP contribution in [0.5, 0.6) is 5.75 Å². The number of nitrogens with zero attached hydrogens (tertiary/aromatic N) is 6. The van der Waals surface area contributed by atoms with Crippen LogP contribution in [0.3, 0.4) is 0 Å². The predicted octanol–water partition coefficient (Wildman–Crippen LogP) is 2.68. The highest BCUT2D eigenvalue weighted by Crippen LogP contribution is 2.39. The van der Waals surface area contributed by atoms with Gasteiger partial charge in [-0.15, -0.1) is 0 Å². The lowest BCUT2D eigenvalue weighted by Crippen LogP contribution is -2.32. The van der Waals surface area contributed by atoms with Crippen LogP contribution in [0.15, 0.2) is 55.4 Å². The van der Waals surface area contributed by atoms with Crippen LogP contribution in [0.1, 0.15) is 6.23 Å². The molecule has 1 aliphatic heterocycles. The normalized spacial score (nSPS) is 21.6. The summed E-state index contributed by atoms with van der Waals surface area (Å²) >= 11 is 0. The molecule has 0 radical (unpaired) electrons. The molecule has 37 heavy (non-hydrogen) atoms. The van der Waals surface area contributed by atoms with Crippen LogP contribution in [-0.4, -0.2) is 66.2 Å². The first-order valence-corrected chi connectivity index (χ1v) is 11.7. The van der Waals surface area contributed by atoms with E-state index in [0.717, 1.165) is 16.7 Å². The van der Waals surface area contributed by atoms with Crippen LogP contribution in [0.25, 0.3) is 33.2 Å². The number of aliphatic hydroxyl groups is 1. The van der Waals surface area contributed by atoms with E-state index in [1.807, 2.05) is 31.4 Å². The summed E-state index contributed by atoms with van der Waals surface area (Å²) in [6.45, 7) is -0.0568. The molecule has 4 atom stereocenters. The number of imidazole rings is 1. The summed E-state index contributed by atoms with van der Waals surface area (Å²) in [5, 5.41) is 15.2. The summed E-state index contributed by atoms with van der Waals surface area (Å²) in [6.07, 6.45) is 1.26. The average Bonchev–Trinajstić information content (AvgIpc) is 3.59. The molecule has 12 heteroatoms. The number of pyridine rings is 1. The molecule has 1 fully saturated rings. The Morgan fingerprint density at radius 1 is 1.19 bits per heavy atom. The van der Waals surface area contributed by atoms with Crippen molar-refractivity contribution in [2.75, 3.05) is 24.7 Å². The SMILES string of the molecule is CNc1ccc2ccc(OC[C@H]3O[C@@H](n4cc(-c5cn(C)cn5)c5c(N)ncnc54)[C@@H](F)[C@@H]3O)cc2n1. The number of nitrogens with one attached hydrogen (secondary N) is 1. The number of hydrogen-bond donors (Lipinski definition) is 3. The number of halogens is 1. The predicted molar refractivity (Wildman–Crippen MR) is 136 cm³/mol. The van der Waals surface area contributed by atoms with Gasteiger partial charge in [0.05, 0.1) is 22.9 Å². The van der Waals surface area contributed by atoms with E-state index in [2.05, 4.69) is 25.3 Å². The fourth-order valence-corrected chi connectivity index (χ4v) is 4.62. The van der Waals surface area contributed by atoms with Gasteiger partial charge in [-0.2, -0.15) is 0 Å². The molecule has 1 aliphatic rings. The highest BCUT2D eigenvalue weighted by atomic mass is 19.1. The van der Waals surface area contributed by atoms with Crippen LogP contribution in [0.4, 0.5) is 16.0 Å². The van der Waals surface area contributed by atoms with Gasteiger partial charge < -0.3 is 34.8 Å². The Hall–Kier alpha value is -4.29. The number of rotatable bonds is 6. The number of aromatic nitrogens is 6. The van der Waals surface area contributed by atoms with E-state index >= 15 is 4.39 Å². The molecule has 1 aromatic carbocycles. The minimum atomic E-state index is -1.73. The zero-order valence-corrected chi connectivity index (χ0v) is 20.1. The van der Waals surface area contributed by atoms with Gasteiger partial charge in [-0.1, -0.05) is 0 Å². The van der Waals surface area contributed by atoms with Crippen molar-refractivity contribution in [3.63, 3.8) is 0 Å². The fraction of sp³-hybridized carbons (Fsp3) is 0.280. The van der Waals surface area contributed by atoms with Gasteiger partial charge in [-0.25, -0.2) is 24.3 Å². The number of fused-ring (bicyclic) bond motifs is 2. The van der Waals surface area contributed by atoms with Crippen molar-refractivity contribution in [3.05, 3.63) is 55.4 Å². The van der Waals surface area contributed by atoms with E-state index in [0.29, 0.717) is 28.0 Å². The van der Waals surface area contributed by atoms with Gasteiger partial charge in [-0.3, -0.25) is 0 Å². The second-order valence-electron chi connectivity index (χ2n) is 8.94. The highest BCUT2D eigenvalue weighted by molar-refractivity contribution is 5.99. The van der Waals surface area contributed by atoms with E-state index in [-0.39, 0.29) is 12.4 Å². The smallest absolute Gasteiger partial charge is 0.173 e. The van der Waals surface area contributed by atoms with E-state index in [1.54, 1.807) is 36.3 Å². The lowest BCUT2D eigenvalue weighted by Gasteiger charge is -2.17. The Balaban J connectivity index is 1.27. The van der Waals surface area contributed by atoms with Crippen LogP contribution >= 0.6 is 0 Å². The Kier molecular flexibility index (Phi) is 5.61. The molecule has 6 rings (SSSR count). The first-order chi connectivity index (χ1) is 17.9. The second-order valence-corrected chi connectivity index (χ2v) is 8.94. The molecule has 0 spiro atoms. The minimum absolute atomic E-state index is 0.0568. The molecular weight excluding hydrogens is 479 g/mol. The maximum absolute atomic E-state index is 15.4. The summed E-state index contributed by atoms with van der Waals surface area (Å²) in [4.78, 5) is 17.3. The third kappa shape index (κ3) is 3.99. The summed E-state index contributed by atoms with van der Waals surface area (Å²) in [7, 11) is 3.64. The molecule has 4 N–H and O–H groups in total. The quantitative estimate of drug-likeness (QED) is 0.319. The lowest BCUT2D eigenvalue weighted by molar-refractivity contribution is -0.0410. The van der Waals surface area contributed by atoms with Crippen molar-refractivity contribution in [1.82, 2.24) is 29.1 Å². The van der Waals surface area contributed by atoms with Gasteiger partial charge in [0.25, 0.3) is 0 Å². The Morgan fingerprint density at radius 2 is 2.03 bits per heavy atom. The van der Waals surface area contributed by atoms with Crippen LogP contribution in [0, 0.1) is 0 Å². The maximum Gasteiger partial charge on any atom is 0.173 e. The topological polar surface area (TPSA) is 138 Å². The molecule has 0 saturated carbocycles. The van der Waals surface area contributed by atoms with E-state index in [4.69, 9.17) is 15.2 Å². The second kappa shape index (κ2) is 8.98. The molecular formula is C25H25FN8O3. The number of anilines is 2. The fourth-order valence-electron chi connectivity index (χ4n) is 4.62. The van der Waals surface area contributed by atoms with E-state index < -0.39 is 24.6 Å². The number of ether oxygens (including phenoxy) is 2. The van der Waals surface area contributed by atoms with Crippen molar-refractivity contribution in [3.8, 4) is 17.0 Å². The molecule has 5 heterocycles. The summed E-state index contributed by atoms with van der Waals surface area (Å²) < 4.78 is 30.6. The molecule has 0 amide bonds. The van der Waals surface area contributed by atoms with Crippen molar-refractivity contribution >= 4 is 33.6 Å². The van der Waals surface area contributed by atoms with Crippen molar-refractivity contribution in [2.24, 2.45) is 7.05 Å². The van der Waals surface area contributed by atoms with Crippen molar-refractivity contribution < 1.29 is 19.0 Å². The van der Waals surface area contributed by atoms with Crippen molar-refractivity contribution in [1.29, 1.82) is 0 Å². The zero-order chi connectivity index (χ0) is 25.7. The molecule has 190 valence electrons. The van der Waals surface area contributed by atoms with Crippen molar-refractivity contribution in [2.45, 2.75) is 24.6 Å². The monoisotopic (exact) mass is 504 g/mol. The molecule has 0 unspecified atom stereocenters. The first kappa shape index (κ1) is 23.1. The van der Waals surface area contributed by atoms with Crippen LogP contribution in [-0.2, 0) is 11.8 Å². The van der Waals surface area contributed by atoms with Gasteiger partial charge in [0.1, 0.15) is 48.2 Å². The van der Waals surface area contributed by atoms with Crippen LogP contribution < -0.4 is 15.8 Å². The van der Waals surface area contributed by atoms with E-state index in [9.17, 15) is 5.11 Å². The first-order valence-electron chi connectivity index (χ1n) is 11.7. The summed E-state index contributed by atoms with van der Waals surface area (Å²) in [5.74, 6) is 1.51. The number of hydrogen-bond acceptors (Lipinski definition) is 9. The standard InChI is InChI=1S/C25H25FN8O3/c1-28-19-6-4-13-3-5-14(7-16(13)32-19)36-10-18-22(35)21(26)25(37-18)34-8-15(17-9-33(2)12-31-17)20-23(27)29-11-30-24(20)34/h3-9,11-12,18,21-22,25,35H,10H2,1-2H3,(H,28,32)(H2,27,29,30)/t18-,21+,22-,25-/m1/s1. The number of alkyl halides is 1. The Morgan fingerprint density at radius 3 is 2.81 bits per heavy atom. The molecule has 1 saturated heterocycles. The molecule has 0 bridgehead atoms. The summed E-state index contributed by atoms with van der Waals surface area (Å²) in [6, 6.07) is 9.32. The number of aryl methyl sites for hydroxylation is 1. The molecule has 5 aromatic rings. The molecule has 11 nitrogen and oxygen atoms in total. The average molecular weight is 505 g/mol. The number of benzene rings is 1. The maximum atomic E-state index is 15.4. The lowest BCUT2D eigenvalue weighted by atomic mass is 10.1. The zero-order valence-electron chi connectivity index (χ0n) is 20.1. The third-order valence-corrected chi connectivity index (χ3v) is 6.52.